The highest BCUT2D eigenvalue weighted by Gasteiger charge is 2.16. The van der Waals surface area contributed by atoms with Crippen LogP contribution in [0, 0.1) is 0 Å². The fourth-order valence-corrected chi connectivity index (χ4v) is 3.17. The maximum atomic E-state index is 12.5. The Hall–Kier alpha value is -2.94. The Morgan fingerprint density at radius 1 is 0.962 bits per heavy atom. The normalized spacial score (nSPS) is 10.7. The van der Waals surface area contributed by atoms with E-state index >= 15 is 0 Å². The highest BCUT2D eigenvalue weighted by atomic mass is 32.2. The molecule has 0 spiro atoms. The van der Waals surface area contributed by atoms with Crippen molar-refractivity contribution < 1.29 is 27.4 Å². The van der Waals surface area contributed by atoms with Crippen LogP contribution in [0.1, 0.15) is 6.92 Å². The van der Waals surface area contributed by atoms with Gasteiger partial charge in [0, 0.05) is 11.8 Å². The van der Waals surface area contributed by atoms with Gasteiger partial charge >= 0.3 is 6.09 Å². The van der Waals surface area contributed by atoms with Crippen LogP contribution in [0.3, 0.4) is 0 Å². The maximum Gasteiger partial charge on any atom is 0.411 e. The predicted octanol–water partition coefficient (Wildman–Crippen LogP) is 3.07. The number of carbonyl (C=O) groups is 1. The fourth-order valence-electron chi connectivity index (χ4n) is 2.12. The van der Waals surface area contributed by atoms with Crippen molar-refractivity contribution in [2.45, 2.75) is 11.8 Å². The summed E-state index contributed by atoms with van der Waals surface area (Å²) in [6.45, 7) is 1.93. The minimum atomic E-state index is -3.80. The minimum absolute atomic E-state index is 0.0432. The first-order chi connectivity index (χ1) is 12.4. The lowest BCUT2D eigenvalue weighted by Crippen LogP contribution is -2.15. The summed E-state index contributed by atoms with van der Waals surface area (Å²) in [6, 6.07) is 10.4. The van der Waals surface area contributed by atoms with Gasteiger partial charge in [-0.2, -0.15) is 0 Å². The lowest BCUT2D eigenvalue weighted by molar-refractivity contribution is 0.168. The number of anilines is 2. The summed E-state index contributed by atoms with van der Waals surface area (Å²) >= 11 is 0. The number of ether oxygens (including phenoxy) is 3. The lowest BCUT2D eigenvalue weighted by Gasteiger charge is -2.12. The minimum Gasteiger partial charge on any atom is -0.493 e. The number of methoxy groups -OCH3 is 2. The van der Waals surface area contributed by atoms with Crippen molar-refractivity contribution in [1.82, 2.24) is 0 Å². The van der Waals surface area contributed by atoms with Gasteiger partial charge in [0.25, 0.3) is 10.0 Å². The summed E-state index contributed by atoms with van der Waals surface area (Å²) in [5.41, 5.74) is 0.755. The van der Waals surface area contributed by atoms with Crippen molar-refractivity contribution in [3.8, 4) is 11.5 Å². The number of hydrogen-bond acceptors (Lipinski definition) is 6. The number of carbonyl (C=O) groups excluding carboxylic acids is 1. The van der Waals surface area contributed by atoms with E-state index in [1.807, 2.05) is 0 Å². The smallest absolute Gasteiger partial charge is 0.411 e. The van der Waals surface area contributed by atoms with E-state index in [1.54, 1.807) is 19.1 Å². The molecule has 26 heavy (non-hydrogen) atoms. The van der Waals surface area contributed by atoms with Crippen LogP contribution in [0.4, 0.5) is 16.2 Å². The summed E-state index contributed by atoms with van der Waals surface area (Å²) in [5.74, 6) is 0.895. The van der Waals surface area contributed by atoms with Gasteiger partial charge in [-0.3, -0.25) is 10.0 Å². The summed E-state index contributed by atoms with van der Waals surface area (Å²) in [7, 11) is -0.846. The van der Waals surface area contributed by atoms with Crippen LogP contribution in [-0.4, -0.2) is 35.3 Å². The molecule has 2 aromatic carbocycles. The van der Waals surface area contributed by atoms with Crippen LogP contribution in [0.25, 0.3) is 0 Å². The molecule has 0 aromatic heterocycles. The topological polar surface area (TPSA) is 103 Å². The third-order valence-corrected chi connectivity index (χ3v) is 4.72. The van der Waals surface area contributed by atoms with E-state index in [0.29, 0.717) is 22.9 Å². The zero-order valence-corrected chi connectivity index (χ0v) is 15.4. The third kappa shape index (κ3) is 4.79. The molecule has 0 radical (unpaired) electrons. The van der Waals surface area contributed by atoms with E-state index in [9.17, 15) is 13.2 Å². The number of benzene rings is 2. The van der Waals surface area contributed by atoms with Gasteiger partial charge in [0.15, 0.2) is 11.5 Å². The molecular formula is C17H20N2O6S. The van der Waals surface area contributed by atoms with Gasteiger partial charge in [-0.25, -0.2) is 13.2 Å². The van der Waals surface area contributed by atoms with Gasteiger partial charge in [0.1, 0.15) is 0 Å². The van der Waals surface area contributed by atoms with Gasteiger partial charge in [0.2, 0.25) is 0 Å². The van der Waals surface area contributed by atoms with Crippen molar-refractivity contribution in [3.63, 3.8) is 0 Å². The molecule has 0 heterocycles. The number of hydrogen-bond donors (Lipinski definition) is 2. The highest BCUT2D eigenvalue weighted by Crippen LogP contribution is 2.30. The highest BCUT2D eigenvalue weighted by molar-refractivity contribution is 7.92. The quantitative estimate of drug-likeness (QED) is 0.765. The fraction of sp³-hybridized carbons (Fsp3) is 0.235. The predicted molar refractivity (Wildman–Crippen MR) is 97.4 cm³/mol. The van der Waals surface area contributed by atoms with Gasteiger partial charge in [-0.05, 0) is 43.3 Å². The Labute approximate surface area is 152 Å². The summed E-state index contributed by atoms with van der Waals surface area (Å²) in [6.07, 6.45) is -0.605. The number of sulfonamides is 1. The average molecular weight is 380 g/mol. The first kappa shape index (κ1) is 19.4. The van der Waals surface area contributed by atoms with Gasteiger partial charge < -0.3 is 14.2 Å². The van der Waals surface area contributed by atoms with E-state index in [2.05, 4.69) is 10.0 Å². The first-order valence-electron chi connectivity index (χ1n) is 7.68. The molecule has 2 rings (SSSR count). The Bertz CT molecular complexity index is 865. The second kappa shape index (κ2) is 8.43. The number of nitrogens with one attached hydrogen (secondary N) is 2. The standard InChI is InChI=1S/C17H20N2O6S/c1-4-25-17(20)18-12-5-8-14(9-6-12)26(21,22)19-13-7-10-15(23-2)16(11-13)24-3/h5-11,19H,4H2,1-3H3,(H,18,20). The third-order valence-electron chi connectivity index (χ3n) is 3.32. The first-order valence-corrected chi connectivity index (χ1v) is 9.16. The molecule has 0 aliphatic carbocycles. The second-order valence-electron chi connectivity index (χ2n) is 5.05. The number of amides is 1. The van der Waals surface area contributed by atoms with Crippen LogP contribution in [0.5, 0.6) is 11.5 Å². The van der Waals surface area contributed by atoms with Crippen LogP contribution < -0.4 is 19.5 Å². The summed E-state index contributed by atoms with van der Waals surface area (Å²) in [5, 5.41) is 2.49. The molecule has 9 heteroatoms. The van der Waals surface area contributed by atoms with Crippen LogP contribution in [0.15, 0.2) is 47.4 Å². The molecule has 0 saturated carbocycles. The van der Waals surface area contributed by atoms with Crippen molar-refractivity contribution >= 4 is 27.5 Å². The van der Waals surface area contributed by atoms with Gasteiger partial charge in [-0.1, -0.05) is 0 Å². The van der Waals surface area contributed by atoms with E-state index in [1.165, 1.54) is 44.6 Å². The number of rotatable bonds is 7. The molecule has 0 fully saturated rings. The van der Waals surface area contributed by atoms with Crippen molar-refractivity contribution in [1.29, 1.82) is 0 Å². The second-order valence-corrected chi connectivity index (χ2v) is 6.73. The molecule has 1 amide bonds. The maximum absolute atomic E-state index is 12.5. The average Bonchev–Trinajstić information content (AvgIpc) is 2.62. The lowest BCUT2D eigenvalue weighted by atomic mass is 10.3. The van der Waals surface area contributed by atoms with Crippen molar-refractivity contribution in [3.05, 3.63) is 42.5 Å². The molecule has 140 valence electrons. The van der Waals surface area contributed by atoms with Gasteiger partial charge in [0.05, 0.1) is 31.4 Å². The monoisotopic (exact) mass is 380 g/mol. The van der Waals surface area contributed by atoms with E-state index in [-0.39, 0.29) is 11.5 Å². The zero-order valence-electron chi connectivity index (χ0n) is 14.6. The zero-order chi connectivity index (χ0) is 19.2. The van der Waals surface area contributed by atoms with Crippen LogP contribution in [-0.2, 0) is 14.8 Å². The van der Waals surface area contributed by atoms with Gasteiger partial charge in [-0.15, -0.1) is 0 Å². The molecular weight excluding hydrogens is 360 g/mol. The van der Waals surface area contributed by atoms with Crippen molar-refractivity contribution in [2.75, 3.05) is 30.9 Å². The summed E-state index contributed by atoms with van der Waals surface area (Å²) in [4.78, 5) is 11.4. The Morgan fingerprint density at radius 3 is 2.15 bits per heavy atom. The van der Waals surface area contributed by atoms with E-state index in [0.717, 1.165) is 0 Å². The Kier molecular flexibility index (Phi) is 6.29. The van der Waals surface area contributed by atoms with Crippen molar-refractivity contribution in [2.24, 2.45) is 0 Å². The molecule has 0 bridgehead atoms. The Balaban J connectivity index is 2.16. The summed E-state index contributed by atoms with van der Waals surface area (Å²) < 4.78 is 42.5. The largest absolute Gasteiger partial charge is 0.493 e. The molecule has 0 aliphatic rings. The molecule has 0 saturated heterocycles. The van der Waals surface area contributed by atoms with Crippen LogP contribution in [0.2, 0.25) is 0 Å². The molecule has 8 nitrogen and oxygen atoms in total. The molecule has 0 aliphatic heterocycles. The SMILES string of the molecule is CCOC(=O)Nc1ccc(S(=O)(=O)Nc2ccc(OC)c(OC)c2)cc1. The Morgan fingerprint density at radius 2 is 1.58 bits per heavy atom. The molecule has 2 aromatic rings. The van der Waals surface area contributed by atoms with E-state index in [4.69, 9.17) is 14.2 Å². The molecule has 2 N–H and O–H groups in total. The molecule has 0 atom stereocenters. The molecule has 0 unspecified atom stereocenters. The van der Waals surface area contributed by atoms with Crippen LogP contribution >= 0.6 is 0 Å². The van der Waals surface area contributed by atoms with E-state index < -0.39 is 16.1 Å².